The average Bonchev–Trinajstić information content (AvgIpc) is 2.80. The summed E-state index contributed by atoms with van der Waals surface area (Å²) >= 11 is 0. The third kappa shape index (κ3) is 3.29. The SMILES string of the molecule is COc1cc(C(=O)OC[C@H](O)[C@H]2OC(=O)C(O)=C2O)ccc1O. The number of methoxy groups -OCH3 is 1. The maximum absolute atomic E-state index is 11.9. The van der Waals surface area contributed by atoms with Crippen LogP contribution in [0, 0.1) is 0 Å². The zero-order valence-corrected chi connectivity index (χ0v) is 11.9. The normalized spacial score (nSPS) is 18.5. The van der Waals surface area contributed by atoms with Gasteiger partial charge in [0.15, 0.2) is 23.4 Å². The first-order valence-electron chi connectivity index (χ1n) is 6.40. The van der Waals surface area contributed by atoms with Crippen molar-refractivity contribution in [2.24, 2.45) is 0 Å². The predicted octanol–water partition coefficient (Wildman–Crippen LogP) is 0.171. The van der Waals surface area contributed by atoms with E-state index in [-0.39, 0.29) is 17.1 Å². The Morgan fingerprint density at radius 3 is 2.61 bits per heavy atom. The van der Waals surface area contributed by atoms with Gasteiger partial charge in [-0.1, -0.05) is 0 Å². The van der Waals surface area contributed by atoms with E-state index in [4.69, 9.17) is 14.6 Å². The van der Waals surface area contributed by atoms with Crippen LogP contribution in [0.2, 0.25) is 0 Å². The van der Waals surface area contributed by atoms with E-state index in [1.807, 2.05) is 0 Å². The van der Waals surface area contributed by atoms with Gasteiger partial charge in [-0.05, 0) is 18.2 Å². The van der Waals surface area contributed by atoms with Crippen LogP contribution in [-0.2, 0) is 14.3 Å². The first-order chi connectivity index (χ1) is 10.8. The summed E-state index contributed by atoms with van der Waals surface area (Å²) in [6, 6.07) is 3.76. The zero-order chi connectivity index (χ0) is 17.1. The molecule has 0 amide bonds. The highest BCUT2D eigenvalue weighted by molar-refractivity contribution is 5.90. The van der Waals surface area contributed by atoms with Crippen LogP contribution in [0.5, 0.6) is 11.5 Å². The van der Waals surface area contributed by atoms with Crippen LogP contribution in [0.4, 0.5) is 0 Å². The van der Waals surface area contributed by atoms with E-state index in [0.29, 0.717) is 0 Å². The number of phenols is 1. The monoisotopic (exact) mass is 326 g/mol. The summed E-state index contributed by atoms with van der Waals surface area (Å²) < 4.78 is 14.2. The summed E-state index contributed by atoms with van der Waals surface area (Å²) in [5.41, 5.74) is 0.0536. The fourth-order valence-electron chi connectivity index (χ4n) is 1.86. The second kappa shape index (κ2) is 6.44. The fraction of sp³-hybridized carbons (Fsp3) is 0.286. The second-order valence-electron chi connectivity index (χ2n) is 4.61. The number of aliphatic hydroxyl groups is 3. The lowest BCUT2D eigenvalue weighted by Crippen LogP contribution is -2.33. The van der Waals surface area contributed by atoms with Gasteiger partial charge in [0.25, 0.3) is 0 Å². The quantitative estimate of drug-likeness (QED) is 0.557. The van der Waals surface area contributed by atoms with Crippen molar-refractivity contribution < 1.29 is 44.2 Å². The number of carbonyl (C=O) groups excluding carboxylic acids is 2. The minimum atomic E-state index is -1.56. The van der Waals surface area contributed by atoms with Gasteiger partial charge in [-0.3, -0.25) is 0 Å². The summed E-state index contributed by atoms with van der Waals surface area (Å²) in [7, 11) is 1.31. The Bertz CT molecular complexity index is 664. The van der Waals surface area contributed by atoms with Gasteiger partial charge in [0.1, 0.15) is 12.7 Å². The lowest BCUT2D eigenvalue weighted by molar-refractivity contribution is -0.147. The molecule has 23 heavy (non-hydrogen) atoms. The smallest absolute Gasteiger partial charge is 0.377 e. The number of phenolic OH excluding ortho intramolecular Hbond substituents is 1. The van der Waals surface area contributed by atoms with Gasteiger partial charge in [0.05, 0.1) is 12.7 Å². The Balaban J connectivity index is 1.98. The average molecular weight is 326 g/mol. The molecule has 1 aliphatic rings. The molecule has 2 rings (SSSR count). The fourth-order valence-corrected chi connectivity index (χ4v) is 1.86. The lowest BCUT2D eigenvalue weighted by atomic mass is 10.2. The number of hydrogen-bond acceptors (Lipinski definition) is 9. The van der Waals surface area contributed by atoms with Crippen molar-refractivity contribution in [3.63, 3.8) is 0 Å². The van der Waals surface area contributed by atoms with Gasteiger partial charge < -0.3 is 34.6 Å². The maximum Gasteiger partial charge on any atom is 0.377 e. The van der Waals surface area contributed by atoms with Crippen LogP contribution >= 0.6 is 0 Å². The molecule has 9 heteroatoms. The van der Waals surface area contributed by atoms with Crippen LogP contribution in [0.15, 0.2) is 29.7 Å². The Morgan fingerprint density at radius 2 is 2.04 bits per heavy atom. The van der Waals surface area contributed by atoms with Crippen LogP contribution < -0.4 is 4.74 Å². The van der Waals surface area contributed by atoms with Gasteiger partial charge >= 0.3 is 11.9 Å². The van der Waals surface area contributed by atoms with E-state index in [1.54, 1.807) is 0 Å². The van der Waals surface area contributed by atoms with Crippen LogP contribution in [0.3, 0.4) is 0 Å². The van der Waals surface area contributed by atoms with E-state index in [0.717, 1.165) is 0 Å². The third-order valence-electron chi connectivity index (χ3n) is 3.09. The molecular formula is C14H14O9. The third-order valence-corrected chi connectivity index (χ3v) is 3.09. The number of cyclic esters (lactones) is 1. The number of esters is 2. The minimum Gasteiger partial charge on any atom is -0.505 e. The van der Waals surface area contributed by atoms with Crippen molar-refractivity contribution in [1.82, 2.24) is 0 Å². The highest BCUT2D eigenvalue weighted by Crippen LogP contribution is 2.27. The molecule has 0 aromatic heterocycles. The van der Waals surface area contributed by atoms with Crippen molar-refractivity contribution in [3.8, 4) is 11.5 Å². The van der Waals surface area contributed by atoms with E-state index in [1.165, 1.54) is 25.3 Å². The molecule has 1 aromatic carbocycles. The molecule has 1 aliphatic heterocycles. The number of rotatable bonds is 5. The van der Waals surface area contributed by atoms with Crippen LogP contribution in [0.25, 0.3) is 0 Å². The zero-order valence-electron chi connectivity index (χ0n) is 11.9. The van der Waals surface area contributed by atoms with Crippen molar-refractivity contribution in [1.29, 1.82) is 0 Å². The van der Waals surface area contributed by atoms with Crippen LogP contribution in [0.1, 0.15) is 10.4 Å². The standard InChI is InChI=1S/C14H14O9/c1-21-9-4-6(2-3-7(9)15)13(19)22-5-8(16)12-10(17)11(18)14(20)23-12/h2-4,8,12,15-18H,5H2,1H3/t8-,12+/m0/s1. The largest absolute Gasteiger partial charge is 0.505 e. The van der Waals surface area contributed by atoms with E-state index < -0.39 is 42.3 Å². The Hall–Kier alpha value is -2.94. The summed E-state index contributed by atoms with van der Waals surface area (Å²) in [6.45, 7) is -0.600. The summed E-state index contributed by atoms with van der Waals surface area (Å²) in [5.74, 6) is -3.93. The lowest BCUT2D eigenvalue weighted by Gasteiger charge is -2.17. The van der Waals surface area contributed by atoms with Crippen LogP contribution in [-0.4, -0.2) is 58.3 Å². The van der Waals surface area contributed by atoms with Gasteiger partial charge in [-0.25, -0.2) is 9.59 Å². The molecule has 124 valence electrons. The van der Waals surface area contributed by atoms with Crippen molar-refractivity contribution in [2.75, 3.05) is 13.7 Å². The first-order valence-corrected chi connectivity index (χ1v) is 6.40. The Morgan fingerprint density at radius 1 is 1.35 bits per heavy atom. The van der Waals surface area contributed by atoms with Crippen molar-refractivity contribution in [3.05, 3.63) is 35.3 Å². The van der Waals surface area contributed by atoms with Gasteiger partial charge in [0.2, 0.25) is 5.76 Å². The summed E-state index contributed by atoms with van der Waals surface area (Å²) in [5, 5.41) is 37.7. The minimum absolute atomic E-state index is 0.0536. The molecule has 0 saturated heterocycles. The molecule has 0 bridgehead atoms. The van der Waals surface area contributed by atoms with E-state index in [9.17, 15) is 24.9 Å². The molecule has 4 N–H and O–H groups in total. The maximum atomic E-state index is 11.9. The molecule has 0 radical (unpaired) electrons. The molecule has 1 heterocycles. The molecule has 1 aromatic rings. The highest BCUT2D eigenvalue weighted by atomic mass is 16.6. The van der Waals surface area contributed by atoms with Crippen molar-refractivity contribution in [2.45, 2.75) is 12.2 Å². The topological polar surface area (TPSA) is 143 Å². The number of aliphatic hydroxyl groups excluding tert-OH is 3. The van der Waals surface area contributed by atoms with E-state index >= 15 is 0 Å². The summed E-state index contributed by atoms with van der Waals surface area (Å²) in [6.07, 6.45) is -3.07. The van der Waals surface area contributed by atoms with Gasteiger partial charge in [-0.15, -0.1) is 0 Å². The molecular weight excluding hydrogens is 312 g/mol. The first kappa shape index (κ1) is 16.4. The van der Waals surface area contributed by atoms with Gasteiger partial charge in [0, 0.05) is 0 Å². The van der Waals surface area contributed by atoms with Crippen molar-refractivity contribution >= 4 is 11.9 Å². The molecule has 9 nitrogen and oxygen atoms in total. The molecule has 0 spiro atoms. The highest BCUT2D eigenvalue weighted by Gasteiger charge is 2.39. The number of carbonyl (C=O) groups is 2. The van der Waals surface area contributed by atoms with E-state index in [2.05, 4.69) is 4.74 Å². The number of ether oxygens (including phenoxy) is 3. The molecule has 0 saturated carbocycles. The molecule has 0 aliphatic carbocycles. The van der Waals surface area contributed by atoms with Gasteiger partial charge in [-0.2, -0.15) is 0 Å². The predicted molar refractivity (Wildman–Crippen MR) is 73.1 cm³/mol. The Kier molecular flexibility index (Phi) is 4.60. The molecule has 0 fully saturated rings. The Labute approximate surface area is 129 Å². The second-order valence-corrected chi connectivity index (χ2v) is 4.61. The summed E-state index contributed by atoms with van der Waals surface area (Å²) in [4.78, 5) is 22.9. The molecule has 0 unspecified atom stereocenters. The number of hydrogen-bond donors (Lipinski definition) is 4. The number of aromatic hydroxyl groups is 1. The number of benzene rings is 1. The molecule has 2 atom stereocenters.